The summed E-state index contributed by atoms with van der Waals surface area (Å²) >= 11 is 0. The first-order valence-corrected chi connectivity index (χ1v) is 6.36. The summed E-state index contributed by atoms with van der Waals surface area (Å²) in [4.78, 5) is 7.46. The second kappa shape index (κ2) is 6.39. The molecule has 2 N–H and O–H groups in total. The van der Waals surface area contributed by atoms with Crippen LogP contribution in [0.25, 0.3) is 0 Å². The Labute approximate surface area is 129 Å². The Morgan fingerprint density at radius 1 is 1.30 bits per heavy atom. The number of alkyl halides is 3. The molecule has 1 aromatic carbocycles. The smallest absolute Gasteiger partial charge is 0.421 e. The summed E-state index contributed by atoms with van der Waals surface area (Å²) in [7, 11) is 2.75. The molecule has 0 atom stereocenters. The highest BCUT2D eigenvalue weighted by Gasteiger charge is 2.35. The molecule has 1 heterocycles. The van der Waals surface area contributed by atoms with Crippen molar-refractivity contribution in [2.45, 2.75) is 6.18 Å². The molecule has 0 radical (unpaired) electrons. The number of rotatable bonds is 4. The van der Waals surface area contributed by atoms with E-state index in [-0.39, 0.29) is 11.8 Å². The molecule has 6 nitrogen and oxygen atoms in total. The summed E-state index contributed by atoms with van der Waals surface area (Å²) in [5, 5.41) is 14.0. The number of benzene rings is 1. The molecule has 2 rings (SSSR count). The lowest BCUT2D eigenvalue weighted by atomic mass is 10.2. The molecule has 0 fully saturated rings. The van der Waals surface area contributed by atoms with Gasteiger partial charge in [-0.3, -0.25) is 0 Å². The number of nitrogens with one attached hydrogen (secondary N) is 2. The lowest BCUT2D eigenvalue weighted by Gasteiger charge is -2.14. The SMILES string of the molecule is CNc1nc(Nc2ccc(C#N)cc2OC)ncc1C(F)(F)F. The average molecular weight is 323 g/mol. The number of anilines is 3. The molecule has 0 spiro atoms. The average Bonchev–Trinajstić information content (AvgIpc) is 2.54. The molecular weight excluding hydrogens is 311 g/mol. The largest absolute Gasteiger partial charge is 0.495 e. The third-order valence-electron chi connectivity index (χ3n) is 2.91. The van der Waals surface area contributed by atoms with E-state index in [1.807, 2.05) is 6.07 Å². The predicted octanol–water partition coefficient (Wildman–Crippen LogP) is 3.16. The molecule has 0 saturated carbocycles. The van der Waals surface area contributed by atoms with E-state index in [1.165, 1.54) is 26.3 Å². The quantitative estimate of drug-likeness (QED) is 0.899. The summed E-state index contributed by atoms with van der Waals surface area (Å²) < 4.78 is 43.5. The monoisotopic (exact) mass is 323 g/mol. The van der Waals surface area contributed by atoms with E-state index in [4.69, 9.17) is 10.00 Å². The summed E-state index contributed by atoms with van der Waals surface area (Å²) in [5.41, 5.74) is -0.151. The van der Waals surface area contributed by atoms with Crippen LogP contribution in [-0.4, -0.2) is 24.1 Å². The van der Waals surface area contributed by atoms with Crippen molar-refractivity contribution in [2.75, 3.05) is 24.8 Å². The van der Waals surface area contributed by atoms with E-state index in [1.54, 1.807) is 6.07 Å². The molecule has 0 unspecified atom stereocenters. The van der Waals surface area contributed by atoms with E-state index < -0.39 is 11.7 Å². The van der Waals surface area contributed by atoms with E-state index in [2.05, 4.69) is 20.6 Å². The van der Waals surface area contributed by atoms with Crippen molar-refractivity contribution in [3.63, 3.8) is 0 Å². The first-order valence-electron chi connectivity index (χ1n) is 6.36. The Hall–Kier alpha value is -3.02. The first kappa shape index (κ1) is 16.4. The number of ether oxygens (including phenoxy) is 1. The Morgan fingerprint density at radius 3 is 2.61 bits per heavy atom. The van der Waals surface area contributed by atoms with E-state index >= 15 is 0 Å². The zero-order chi connectivity index (χ0) is 17.0. The molecule has 0 aliphatic heterocycles. The molecule has 0 bridgehead atoms. The molecule has 0 aliphatic rings. The van der Waals surface area contributed by atoms with Crippen molar-refractivity contribution in [2.24, 2.45) is 0 Å². The number of nitriles is 1. The van der Waals surface area contributed by atoms with Gasteiger partial charge in [0, 0.05) is 19.3 Å². The van der Waals surface area contributed by atoms with Crippen LogP contribution in [0.3, 0.4) is 0 Å². The van der Waals surface area contributed by atoms with Crippen LogP contribution in [-0.2, 0) is 6.18 Å². The first-order chi connectivity index (χ1) is 10.9. The van der Waals surface area contributed by atoms with Crippen LogP contribution >= 0.6 is 0 Å². The maximum atomic E-state index is 12.8. The molecule has 9 heteroatoms. The van der Waals surface area contributed by atoms with Gasteiger partial charge in [0.15, 0.2) is 0 Å². The molecule has 0 aliphatic carbocycles. The van der Waals surface area contributed by atoms with Gasteiger partial charge in [-0.1, -0.05) is 0 Å². The second-order valence-electron chi connectivity index (χ2n) is 4.36. The lowest BCUT2D eigenvalue weighted by Crippen LogP contribution is -2.12. The second-order valence-corrected chi connectivity index (χ2v) is 4.36. The van der Waals surface area contributed by atoms with E-state index in [9.17, 15) is 13.2 Å². The number of nitrogens with zero attached hydrogens (tertiary/aromatic N) is 3. The number of hydrogen-bond acceptors (Lipinski definition) is 6. The van der Waals surface area contributed by atoms with Gasteiger partial charge in [-0.25, -0.2) is 4.98 Å². The molecule has 120 valence electrons. The minimum absolute atomic E-state index is 0.0367. The van der Waals surface area contributed by atoms with Crippen molar-refractivity contribution in [3.05, 3.63) is 35.5 Å². The summed E-state index contributed by atoms with van der Waals surface area (Å²) in [5.74, 6) is -0.0356. The van der Waals surface area contributed by atoms with Crippen LogP contribution in [0.2, 0.25) is 0 Å². The molecule has 23 heavy (non-hydrogen) atoms. The normalized spacial score (nSPS) is 10.8. The van der Waals surface area contributed by atoms with Crippen molar-refractivity contribution < 1.29 is 17.9 Å². The lowest BCUT2D eigenvalue weighted by molar-refractivity contribution is -0.137. The fourth-order valence-electron chi connectivity index (χ4n) is 1.82. The molecular formula is C14H12F3N5O. The predicted molar refractivity (Wildman–Crippen MR) is 77.6 cm³/mol. The third-order valence-corrected chi connectivity index (χ3v) is 2.91. The zero-order valence-corrected chi connectivity index (χ0v) is 12.2. The summed E-state index contributed by atoms with van der Waals surface area (Å²) in [6.07, 6.45) is -3.86. The number of halogens is 3. The van der Waals surface area contributed by atoms with Gasteiger partial charge in [0.1, 0.15) is 17.1 Å². The van der Waals surface area contributed by atoms with Crippen molar-refractivity contribution >= 4 is 17.5 Å². The van der Waals surface area contributed by atoms with Gasteiger partial charge in [-0.15, -0.1) is 0 Å². The van der Waals surface area contributed by atoms with Crippen molar-refractivity contribution in [1.82, 2.24) is 9.97 Å². The van der Waals surface area contributed by atoms with Gasteiger partial charge < -0.3 is 15.4 Å². The highest BCUT2D eigenvalue weighted by Crippen LogP contribution is 2.34. The Kier molecular flexibility index (Phi) is 4.55. The van der Waals surface area contributed by atoms with Crippen LogP contribution in [0, 0.1) is 11.3 Å². The van der Waals surface area contributed by atoms with Gasteiger partial charge >= 0.3 is 6.18 Å². The Bertz CT molecular complexity index is 755. The third kappa shape index (κ3) is 3.60. The van der Waals surface area contributed by atoms with Gasteiger partial charge in [-0.2, -0.15) is 23.4 Å². The van der Waals surface area contributed by atoms with Crippen LogP contribution in [0.4, 0.5) is 30.6 Å². The van der Waals surface area contributed by atoms with Crippen LogP contribution in [0.15, 0.2) is 24.4 Å². The van der Waals surface area contributed by atoms with E-state index in [0.29, 0.717) is 23.2 Å². The van der Waals surface area contributed by atoms with Gasteiger partial charge in [0.2, 0.25) is 5.95 Å². The summed E-state index contributed by atoms with van der Waals surface area (Å²) in [6, 6.07) is 6.54. The highest BCUT2D eigenvalue weighted by atomic mass is 19.4. The maximum absolute atomic E-state index is 12.8. The zero-order valence-electron chi connectivity index (χ0n) is 12.2. The highest BCUT2D eigenvalue weighted by molar-refractivity contribution is 5.65. The van der Waals surface area contributed by atoms with Gasteiger partial charge in [0.25, 0.3) is 0 Å². The maximum Gasteiger partial charge on any atom is 0.421 e. The van der Waals surface area contributed by atoms with Gasteiger partial charge in [0.05, 0.1) is 24.4 Å². The fraction of sp³-hybridized carbons (Fsp3) is 0.214. The topological polar surface area (TPSA) is 82.9 Å². The number of methoxy groups -OCH3 is 1. The van der Waals surface area contributed by atoms with Crippen molar-refractivity contribution in [3.8, 4) is 11.8 Å². The molecule has 0 amide bonds. The van der Waals surface area contributed by atoms with Crippen LogP contribution in [0.5, 0.6) is 5.75 Å². The van der Waals surface area contributed by atoms with Gasteiger partial charge in [-0.05, 0) is 12.1 Å². The molecule has 1 aromatic heterocycles. The number of aromatic nitrogens is 2. The fourth-order valence-corrected chi connectivity index (χ4v) is 1.82. The summed E-state index contributed by atoms with van der Waals surface area (Å²) in [6.45, 7) is 0. The standard InChI is InChI=1S/C14H12F3N5O/c1-19-12-9(14(15,16)17)7-20-13(22-12)21-10-4-3-8(6-18)5-11(10)23-2/h3-5,7H,1-2H3,(H2,19,20,21,22). The van der Waals surface area contributed by atoms with Crippen LogP contribution < -0.4 is 15.4 Å². The molecule has 0 saturated heterocycles. The minimum Gasteiger partial charge on any atom is -0.495 e. The number of hydrogen-bond donors (Lipinski definition) is 2. The van der Waals surface area contributed by atoms with Crippen molar-refractivity contribution in [1.29, 1.82) is 5.26 Å². The van der Waals surface area contributed by atoms with Crippen LogP contribution in [0.1, 0.15) is 11.1 Å². The van der Waals surface area contributed by atoms with E-state index in [0.717, 1.165) is 0 Å². The Balaban J connectivity index is 2.36. The Morgan fingerprint density at radius 2 is 2.04 bits per heavy atom. The minimum atomic E-state index is -4.55. The molecule has 2 aromatic rings.